The van der Waals surface area contributed by atoms with Gasteiger partial charge in [0.05, 0.1) is 13.2 Å². The van der Waals surface area contributed by atoms with Crippen molar-refractivity contribution >= 4 is 5.97 Å². The molecular weight excluding hydrogens is 294 g/mol. The zero-order chi connectivity index (χ0) is 16.2. The van der Waals surface area contributed by atoms with Crippen molar-refractivity contribution < 1.29 is 19.4 Å². The Balaban J connectivity index is 1.76. The molecule has 1 aliphatic heterocycles. The van der Waals surface area contributed by atoms with Gasteiger partial charge in [0, 0.05) is 24.2 Å². The molecule has 1 aromatic carbocycles. The van der Waals surface area contributed by atoms with Crippen molar-refractivity contribution in [1.29, 1.82) is 0 Å². The van der Waals surface area contributed by atoms with Crippen LogP contribution in [-0.4, -0.2) is 30.8 Å². The molecule has 2 aliphatic rings. The molecule has 2 N–H and O–H groups in total. The average Bonchev–Trinajstić information content (AvgIpc) is 3.18. The molecule has 0 bridgehead atoms. The molecule has 0 amide bonds. The number of ether oxygens (including phenoxy) is 2. The van der Waals surface area contributed by atoms with Crippen molar-refractivity contribution in [2.45, 2.75) is 44.1 Å². The van der Waals surface area contributed by atoms with E-state index in [0.717, 1.165) is 42.1 Å². The molecular formula is C18H23NO4. The Morgan fingerprint density at radius 1 is 1.30 bits per heavy atom. The fourth-order valence-electron chi connectivity index (χ4n) is 3.38. The Labute approximate surface area is 136 Å². The lowest BCUT2D eigenvalue weighted by atomic mass is 9.97. The van der Waals surface area contributed by atoms with Crippen LogP contribution < -0.4 is 14.8 Å². The van der Waals surface area contributed by atoms with E-state index in [1.54, 1.807) is 7.11 Å². The fraction of sp³-hybridized carbons (Fsp3) is 0.500. The topological polar surface area (TPSA) is 67.8 Å². The summed E-state index contributed by atoms with van der Waals surface area (Å²) in [5.41, 5.74) is 1.93. The minimum absolute atomic E-state index is 0.262. The first-order valence-electron chi connectivity index (χ1n) is 8.17. The second kappa shape index (κ2) is 6.94. The van der Waals surface area contributed by atoms with Crippen LogP contribution in [0.5, 0.6) is 11.5 Å². The molecule has 3 rings (SSSR count). The second-order valence-electron chi connectivity index (χ2n) is 6.22. The highest BCUT2D eigenvalue weighted by Gasteiger charge is 2.24. The van der Waals surface area contributed by atoms with E-state index < -0.39 is 5.97 Å². The first-order valence-corrected chi connectivity index (χ1v) is 8.17. The van der Waals surface area contributed by atoms with Crippen LogP contribution in [0.4, 0.5) is 0 Å². The van der Waals surface area contributed by atoms with Crippen LogP contribution in [0.1, 0.15) is 43.6 Å². The minimum atomic E-state index is -0.909. The Bertz CT molecular complexity index is 605. The molecule has 5 nitrogen and oxygen atoms in total. The number of aliphatic carboxylic acids is 1. The molecule has 1 aromatic rings. The lowest BCUT2D eigenvalue weighted by molar-refractivity contribution is -0.131. The molecule has 1 heterocycles. The molecule has 2 fully saturated rings. The average molecular weight is 317 g/mol. The van der Waals surface area contributed by atoms with Gasteiger partial charge < -0.3 is 19.9 Å². The molecule has 124 valence electrons. The highest BCUT2D eigenvalue weighted by atomic mass is 16.5. The third kappa shape index (κ3) is 3.78. The first-order chi connectivity index (χ1) is 11.2. The van der Waals surface area contributed by atoms with E-state index in [1.165, 1.54) is 18.9 Å². The zero-order valence-electron chi connectivity index (χ0n) is 13.4. The Hall–Kier alpha value is -2.17. The third-order valence-corrected chi connectivity index (χ3v) is 4.59. The van der Waals surface area contributed by atoms with Gasteiger partial charge in [0.1, 0.15) is 0 Å². The summed E-state index contributed by atoms with van der Waals surface area (Å²) < 4.78 is 11.6. The predicted octanol–water partition coefficient (Wildman–Crippen LogP) is 3.06. The van der Waals surface area contributed by atoms with Gasteiger partial charge in [-0.15, -0.1) is 0 Å². The summed E-state index contributed by atoms with van der Waals surface area (Å²) >= 11 is 0. The van der Waals surface area contributed by atoms with E-state index in [-0.39, 0.29) is 12.0 Å². The van der Waals surface area contributed by atoms with Crippen LogP contribution in [-0.2, 0) is 4.79 Å². The van der Waals surface area contributed by atoms with Crippen LogP contribution in [0.3, 0.4) is 0 Å². The van der Waals surface area contributed by atoms with Crippen LogP contribution in [0.2, 0.25) is 0 Å². The number of hydrogen-bond donors (Lipinski definition) is 2. The maximum Gasteiger partial charge on any atom is 0.330 e. The van der Waals surface area contributed by atoms with Gasteiger partial charge in [-0.2, -0.15) is 0 Å². The third-order valence-electron chi connectivity index (χ3n) is 4.59. The number of nitrogens with one attached hydrogen (secondary N) is 1. The maximum absolute atomic E-state index is 10.8. The van der Waals surface area contributed by atoms with Crippen LogP contribution in [0.25, 0.3) is 0 Å². The molecule has 1 unspecified atom stereocenters. The summed E-state index contributed by atoms with van der Waals surface area (Å²) in [7, 11) is 1.65. The lowest BCUT2D eigenvalue weighted by Gasteiger charge is -2.18. The second-order valence-corrected chi connectivity index (χ2v) is 6.22. The van der Waals surface area contributed by atoms with Crippen LogP contribution in [0.15, 0.2) is 30.0 Å². The van der Waals surface area contributed by atoms with Crippen molar-refractivity contribution in [3.05, 3.63) is 35.5 Å². The number of hydrogen-bond acceptors (Lipinski definition) is 4. The molecule has 0 radical (unpaired) electrons. The molecule has 1 saturated heterocycles. The van der Waals surface area contributed by atoms with Gasteiger partial charge in [0.15, 0.2) is 11.5 Å². The fourth-order valence-corrected chi connectivity index (χ4v) is 3.38. The van der Waals surface area contributed by atoms with Crippen molar-refractivity contribution in [2.24, 2.45) is 0 Å². The molecule has 5 heteroatoms. The summed E-state index contributed by atoms with van der Waals surface area (Å²) in [4.78, 5) is 10.8. The summed E-state index contributed by atoms with van der Waals surface area (Å²) in [5.74, 6) is 0.908. The minimum Gasteiger partial charge on any atom is -0.493 e. The highest BCUT2D eigenvalue weighted by molar-refractivity contribution is 5.80. The van der Waals surface area contributed by atoms with Gasteiger partial charge in [0.25, 0.3) is 0 Å². The summed E-state index contributed by atoms with van der Waals surface area (Å²) in [6.07, 6.45) is 6.89. The molecule has 1 saturated carbocycles. The standard InChI is InChI=1S/C18H23NO4/c1-22-16-7-6-12(9-17(16)23-15-4-2-3-5-15)13-8-14(19-11-13)10-18(20)21/h6-7,9-10,13,15,19H,2-5,8,11H2,1H3,(H,20,21)/b14-10-. The summed E-state index contributed by atoms with van der Waals surface area (Å²) in [5, 5.41) is 12.0. The van der Waals surface area contributed by atoms with Crippen molar-refractivity contribution in [2.75, 3.05) is 13.7 Å². The molecule has 0 spiro atoms. The Morgan fingerprint density at radius 2 is 2.09 bits per heavy atom. The maximum atomic E-state index is 10.8. The Morgan fingerprint density at radius 3 is 2.78 bits per heavy atom. The van der Waals surface area contributed by atoms with Crippen LogP contribution in [0, 0.1) is 0 Å². The number of benzene rings is 1. The number of methoxy groups -OCH3 is 1. The van der Waals surface area contributed by atoms with E-state index >= 15 is 0 Å². The number of carboxylic acids is 1. The quantitative estimate of drug-likeness (QED) is 0.817. The lowest BCUT2D eigenvalue weighted by Crippen LogP contribution is -2.12. The van der Waals surface area contributed by atoms with Crippen LogP contribution >= 0.6 is 0 Å². The smallest absolute Gasteiger partial charge is 0.330 e. The van der Waals surface area contributed by atoms with Gasteiger partial charge in [-0.3, -0.25) is 0 Å². The zero-order valence-corrected chi connectivity index (χ0v) is 13.4. The number of carbonyl (C=O) groups is 1. The monoisotopic (exact) mass is 317 g/mol. The SMILES string of the molecule is COc1ccc(C2CN/C(=C\C(=O)O)C2)cc1OC1CCCC1. The first kappa shape index (κ1) is 15.7. The van der Waals surface area contributed by atoms with E-state index in [4.69, 9.17) is 14.6 Å². The van der Waals surface area contributed by atoms with Crippen molar-refractivity contribution in [1.82, 2.24) is 5.32 Å². The normalized spacial score (nSPS) is 23.0. The van der Waals surface area contributed by atoms with Gasteiger partial charge >= 0.3 is 5.97 Å². The van der Waals surface area contributed by atoms with Crippen molar-refractivity contribution in [3.63, 3.8) is 0 Å². The highest BCUT2D eigenvalue weighted by Crippen LogP contribution is 2.36. The van der Waals surface area contributed by atoms with Gasteiger partial charge in [-0.05, 0) is 49.8 Å². The van der Waals surface area contributed by atoms with Crippen molar-refractivity contribution in [3.8, 4) is 11.5 Å². The summed E-state index contributed by atoms with van der Waals surface area (Å²) in [6.45, 7) is 0.744. The van der Waals surface area contributed by atoms with Gasteiger partial charge in [-0.1, -0.05) is 6.07 Å². The predicted molar refractivity (Wildman–Crippen MR) is 87.0 cm³/mol. The number of carboxylic acid groups (broad SMARTS) is 1. The molecule has 0 aromatic heterocycles. The van der Waals surface area contributed by atoms with E-state index in [1.807, 2.05) is 18.2 Å². The van der Waals surface area contributed by atoms with Gasteiger partial charge in [-0.25, -0.2) is 4.79 Å². The molecule has 23 heavy (non-hydrogen) atoms. The Kier molecular flexibility index (Phi) is 4.74. The van der Waals surface area contributed by atoms with Gasteiger partial charge in [0.2, 0.25) is 0 Å². The van der Waals surface area contributed by atoms with E-state index in [2.05, 4.69) is 5.32 Å². The number of rotatable bonds is 5. The molecule has 1 aliphatic carbocycles. The summed E-state index contributed by atoms with van der Waals surface area (Å²) in [6, 6.07) is 6.03. The largest absolute Gasteiger partial charge is 0.493 e. The number of allylic oxidation sites excluding steroid dienone is 1. The van der Waals surface area contributed by atoms with E-state index in [0.29, 0.717) is 6.42 Å². The van der Waals surface area contributed by atoms with E-state index in [9.17, 15) is 4.79 Å². The molecule has 1 atom stereocenters.